The Morgan fingerprint density at radius 1 is 1.00 bits per heavy atom. The Morgan fingerprint density at radius 2 is 1.85 bits per heavy atom. The Kier molecular flexibility index (Phi) is 4.43. The molecule has 5 nitrogen and oxygen atoms in total. The van der Waals surface area contributed by atoms with Crippen molar-refractivity contribution in [1.82, 2.24) is 15.3 Å². The maximum Gasteiger partial charge on any atom is 0.224 e. The lowest BCUT2D eigenvalue weighted by Crippen LogP contribution is -2.25. The van der Waals surface area contributed by atoms with Gasteiger partial charge in [-0.25, -0.2) is 0 Å². The molecule has 0 aliphatic rings. The van der Waals surface area contributed by atoms with E-state index in [0.717, 1.165) is 21.9 Å². The van der Waals surface area contributed by atoms with Gasteiger partial charge in [-0.1, -0.05) is 42.5 Å². The molecule has 1 N–H and O–H groups in total. The summed E-state index contributed by atoms with van der Waals surface area (Å²) in [6, 6.07) is 15.9. The van der Waals surface area contributed by atoms with E-state index in [2.05, 4.69) is 15.3 Å². The highest BCUT2D eigenvalue weighted by molar-refractivity contribution is 5.90. The molecule has 0 fully saturated rings. The molecule has 0 aliphatic carbocycles. The van der Waals surface area contributed by atoms with Gasteiger partial charge in [0.25, 0.3) is 0 Å². The number of hydrogen-bond acceptors (Lipinski definition) is 4. The lowest BCUT2D eigenvalue weighted by atomic mass is 10.0. The van der Waals surface area contributed by atoms with Gasteiger partial charge in [0, 0.05) is 18.0 Å². The lowest BCUT2D eigenvalue weighted by molar-refractivity contribution is -0.120. The number of aromatic nitrogens is 2. The molecule has 0 atom stereocenters. The molecule has 128 valence electrons. The van der Waals surface area contributed by atoms with E-state index < -0.39 is 0 Å². The standard InChI is InChI=1S/C21H17N3O2/c25-20(12-16-6-3-5-15-4-1-2-7-18(15)16)24-13-19-21(23-10-9-22-19)17-8-11-26-14-17/h1-11,14H,12-13H2,(H,24,25). The molecular weight excluding hydrogens is 326 g/mol. The third-order valence-electron chi connectivity index (χ3n) is 4.25. The van der Waals surface area contributed by atoms with E-state index in [4.69, 9.17) is 4.42 Å². The van der Waals surface area contributed by atoms with E-state index in [9.17, 15) is 4.79 Å². The third-order valence-corrected chi connectivity index (χ3v) is 4.25. The van der Waals surface area contributed by atoms with Gasteiger partial charge in [0.15, 0.2) is 0 Å². The van der Waals surface area contributed by atoms with E-state index in [1.165, 1.54) is 0 Å². The summed E-state index contributed by atoms with van der Waals surface area (Å²) < 4.78 is 5.11. The first-order valence-corrected chi connectivity index (χ1v) is 8.37. The molecule has 0 saturated carbocycles. The predicted octanol–water partition coefficient (Wildman–Crippen LogP) is 3.75. The number of amides is 1. The fraction of sp³-hybridized carbons (Fsp3) is 0.0952. The molecule has 2 aromatic heterocycles. The van der Waals surface area contributed by atoms with Crippen LogP contribution in [0.4, 0.5) is 0 Å². The van der Waals surface area contributed by atoms with Crippen LogP contribution in [0.3, 0.4) is 0 Å². The summed E-state index contributed by atoms with van der Waals surface area (Å²) in [7, 11) is 0. The second kappa shape index (κ2) is 7.19. The monoisotopic (exact) mass is 343 g/mol. The third kappa shape index (κ3) is 3.32. The van der Waals surface area contributed by atoms with Gasteiger partial charge >= 0.3 is 0 Å². The average Bonchev–Trinajstić information content (AvgIpc) is 3.21. The summed E-state index contributed by atoms with van der Waals surface area (Å²) in [6.07, 6.45) is 6.78. The van der Waals surface area contributed by atoms with Crippen LogP contribution in [0.25, 0.3) is 22.0 Å². The zero-order valence-corrected chi connectivity index (χ0v) is 14.1. The summed E-state index contributed by atoms with van der Waals surface area (Å²) in [5.41, 5.74) is 3.28. The number of fused-ring (bicyclic) bond motifs is 1. The predicted molar refractivity (Wildman–Crippen MR) is 99.2 cm³/mol. The fourth-order valence-corrected chi connectivity index (χ4v) is 3.00. The lowest BCUT2D eigenvalue weighted by Gasteiger charge is -2.09. The number of rotatable bonds is 5. The Balaban J connectivity index is 1.48. The Hall–Kier alpha value is -3.47. The number of nitrogens with one attached hydrogen (secondary N) is 1. The van der Waals surface area contributed by atoms with Crippen LogP contribution >= 0.6 is 0 Å². The summed E-state index contributed by atoms with van der Waals surface area (Å²) in [5, 5.41) is 5.18. The van der Waals surface area contributed by atoms with Crippen molar-refractivity contribution in [2.24, 2.45) is 0 Å². The molecule has 2 heterocycles. The normalized spacial score (nSPS) is 10.8. The van der Waals surface area contributed by atoms with Crippen molar-refractivity contribution in [1.29, 1.82) is 0 Å². The molecule has 0 bridgehead atoms. The van der Waals surface area contributed by atoms with Gasteiger partial charge < -0.3 is 9.73 Å². The van der Waals surface area contributed by atoms with Crippen LogP contribution in [0.15, 0.2) is 77.9 Å². The minimum Gasteiger partial charge on any atom is -0.472 e. The van der Waals surface area contributed by atoms with Crippen LogP contribution in [0.5, 0.6) is 0 Å². The smallest absolute Gasteiger partial charge is 0.224 e. The first-order chi connectivity index (χ1) is 12.8. The Labute approximate surface area is 150 Å². The fourth-order valence-electron chi connectivity index (χ4n) is 3.00. The second-order valence-electron chi connectivity index (χ2n) is 5.96. The average molecular weight is 343 g/mol. The second-order valence-corrected chi connectivity index (χ2v) is 5.96. The van der Waals surface area contributed by atoms with Gasteiger partial charge in [0.2, 0.25) is 5.91 Å². The highest BCUT2D eigenvalue weighted by Crippen LogP contribution is 2.21. The van der Waals surface area contributed by atoms with Crippen molar-refractivity contribution in [2.45, 2.75) is 13.0 Å². The van der Waals surface area contributed by atoms with Crippen molar-refractivity contribution in [2.75, 3.05) is 0 Å². The molecule has 0 radical (unpaired) electrons. The van der Waals surface area contributed by atoms with Crippen LogP contribution in [0, 0.1) is 0 Å². The van der Waals surface area contributed by atoms with E-state index in [-0.39, 0.29) is 5.91 Å². The zero-order chi connectivity index (χ0) is 17.8. The summed E-state index contributed by atoms with van der Waals surface area (Å²) >= 11 is 0. The van der Waals surface area contributed by atoms with Crippen molar-refractivity contribution < 1.29 is 9.21 Å². The first-order valence-electron chi connectivity index (χ1n) is 8.37. The van der Waals surface area contributed by atoms with Crippen LogP contribution in [-0.2, 0) is 17.8 Å². The van der Waals surface area contributed by atoms with Gasteiger partial charge in [-0.3, -0.25) is 14.8 Å². The molecule has 4 aromatic rings. The molecule has 5 heteroatoms. The highest BCUT2D eigenvalue weighted by atomic mass is 16.3. The highest BCUT2D eigenvalue weighted by Gasteiger charge is 2.11. The maximum absolute atomic E-state index is 12.4. The van der Waals surface area contributed by atoms with E-state index in [1.54, 1.807) is 24.9 Å². The molecular formula is C21H17N3O2. The van der Waals surface area contributed by atoms with Gasteiger partial charge in [0.1, 0.15) is 0 Å². The zero-order valence-electron chi connectivity index (χ0n) is 14.1. The first kappa shape index (κ1) is 16.0. The van der Waals surface area contributed by atoms with Crippen molar-refractivity contribution in [3.8, 4) is 11.3 Å². The van der Waals surface area contributed by atoms with E-state index >= 15 is 0 Å². The number of benzene rings is 2. The number of hydrogen-bond donors (Lipinski definition) is 1. The molecule has 4 rings (SSSR count). The summed E-state index contributed by atoms with van der Waals surface area (Å²) in [6.45, 7) is 0.317. The van der Waals surface area contributed by atoms with Gasteiger partial charge in [-0.15, -0.1) is 0 Å². The molecule has 0 saturated heterocycles. The number of furan rings is 1. The van der Waals surface area contributed by atoms with Crippen molar-refractivity contribution in [3.05, 3.63) is 84.7 Å². The summed E-state index contributed by atoms with van der Waals surface area (Å²) in [4.78, 5) is 21.1. The Morgan fingerprint density at radius 3 is 2.73 bits per heavy atom. The number of nitrogens with zero attached hydrogens (tertiary/aromatic N) is 2. The van der Waals surface area contributed by atoms with Crippen LogP contribution in [0.1, 0.15) is 11.3 Å². The number of carbonyl (C=O) groups excluding carboxylic acids is 1. The van der Waals surface area contributed by atoms with Gasteiger partial charge in [-0.2, -0.15) is 0 Å². The quantitative estimate of drug-likeness (QED) is 0.599. The molecule has 0 aliphatic heterocycles. The largest absolute Gasteiger partial charge is 0.472 e. The molecule has 2 aromatic carbocycles. The van der Waals surface area contributed by atoms with Gasteiger partial charge in [0.05, 0.1) is 36.9 Å². The Bertz CT molecular complexity index is 1040. The van der Waals surface area contributed by atoms with Crippen LogP contribution in [-0.4, -0.2) is 15.9 Å². The molecule has 0 spiro atoms. The van der Waals surface area contributed by atoms with E-state index in [0.29, 0.717) is 24.4 Å². The maximum atomic E-state index is 12.4. The minimum atomic E-state index is -0.0508. The summed E-state index contributed by atoms with van der Waals surface area (Å²) in [5.74, 6) is -0.0508. The van der Waals surface area contributed by atoms with Crippen molar-refractivity contribution >= 4 is 16.7 Å². The van der Waals surface area contributed by atoms with E-state index in [1.807, 2.05) is 48.5 Å². The molecule has 1 amide bonds. The number of carbonyl (C=O) groups is 1. The topological polar surface area (TPSA) is 68.0 Å². The molecule has 0 unspecified atom stereocenters. The molecule has 26 heavy (non-hydrogen) atoms. The van der Waals surface area contributed by atoms with Crippen LogP contribution in [0.2, 0.25) is 0 Å². The van der Waals surface area contributed by atoms with Crippen LogP contribution < -0.4 is 5.32 Å². The minimum absolute atomic E-state index is 0.0508. The SMILES string of the molecule is O=C(Cc1cccc2ccccc12)NCc1nccnc1-c1ccoc1. The van der Waals surface area contributed by atoms with Gasteiger partial charge in [-0.05, 0) is 22.4 Å². The van der Waals surface area contributed by atoms with Crippen molar-refractivity contribution in [3.63, 3.8) is 0 Å².